The molecule has 2 aromatic carbocycles. The van der Waals surface area contributed by atoms with Gasteiger partial charge in [-0.1, -0.05) is 42.5 Å². The molecule has 0 saturated heterocycles. The maximum absolute atomic E-state index is 9.90. The lowest BCUT2D eigenvalue weighted by molar-refractivity contribution is 0.199. The molecule has 19 heavy (non-hydrogen) atoms. The summed E-state index contributed by atoms with van der Waals surface area (Å²) in [6.45, 7) is 3.78. The van der Waals surface area contributed by atoms with Gasteiger partial charge in [-0.15, -0.1) is 0 Å². The molecule has 0 unspecified atom stereocenters. The Bertz CT molecular complexity index is 577. The van der Waals surface area contributed by atoms with Crippen molar-refractivity contribution in [1.82, 2.24) is 0 Å². The molecule has 0 saturated carbocycles. The molecule has 0 fully saturated rings. The van der Waals surface area contributed by atoms with E-state index in [4.69, 9.17) is 0 Å². The van der Waals surface area contributed by atoms with Gasteiger partial charge in [0.2, 0.25) is 0 Å². The van der Waals surface area contributed by atoms with Crippen molar-refractivity contribution in [2.24, 2.45) is 0 Å². The molecule has 0 aliphatic carbocycles. The number of rotatable bonds is 2. The van der Waals surface area contributed by atoms with Crippen LogP contribution in [-0.2, 0) is 13.0 Å². The minimum atomic E-state index is -0.423. The molecule has 0 aromatic heterocycles. The highest BCUT2D eigenvalue weighted by Crippen LogP contribution is 2.30. The Labute approximate surface area is 114 Å². The average Bonchev–Trinajstić information content (AvgIpc) is 2.46. The van der Waals surface area contributed by atoms with Gasteiger partial charge in [0, 0.05) is 24.3 Å². The Hall–Kier alpha value is -1.80. The quantitative estimate of drug-likeness (QED) is 0.887. The maximum Gasteiger partial charge on any atom is 0.0781 e. The molecule has 0 amide bonds. The monoisotopic (exact) mass is 253 g/mol. The first-order valence-corrected chi connectivity index (χ1v) is 6.84. The van der Waals surface area contributed by atoms with Gasteiger partial charge in [0.05, 0.1) is 6.10 Å². The molecule has 0 radical (unpaired) electrons. The van der Waals surface area contributed by atoms with E-state index in [-0.39, 0.29) is 0 Å². The first kappa shape index (κ1) is 12.2. The molecule has 0 spiro atoms. The Kier molecular flexibility index (Phi) is 3.26. The van der Waals surface area contributed by atoms with Crippen LogP contribution < -0.4 is 4.90 Å². The highest BCUT2D eigenvalue weighted by Gasteiger charge is 2.19. The third-order valence-corrected chi connectivity index (χ3v) is 3.86. The van der Waals surface area contributed by atoms with Crippen LogP contribution in [0.1, 0.15) is 29.7 Å². The van der Waals surface area contributed by atoms with E-state index in [2.05, 4.69) is 35.2 Å². The number of hydrogen-bond acceptors (Lipinski definition) is 2. The summed E-state index contributed by atoms with van der Waals surface area (Å²) in [5.41, 5.74) is 5.02. The standard InChI is InChI=1S/C17H19NO/c1-13(19)16-8-4-5-9-17(16)18-11-10-14-6-2-3-7-15(14)12-18/h2-9,13,19H,10-12H2,1H3/t13-/m1/s1. The molecular weight excluding hydrogens is 234 g/mol. The lowest BCUT2D eigenvalue weighted by Crippen LogP contribution is -2.31. The Morgan fingerprint density at radius 1 is 1.00 bits per heavy atom. The SMILES string of the molecule is C[C@@H](O)c1ccccc1N1CCc2ccccc2C1. The van der Waals surface area contributed by atoms with Crippen molar-refractivity contribution in [2.75, 3.05) is 11.4 Å². The zero-order valence-electron chi connectivity index (χ0n) is 11.2. The molecule has 1 heterocycles. The predicted molar refractivity (Wildman–Crippen MR) is 78.3 cm³/mol. The van der Waals surface area contributed by atoms with Gasteiger partial charge in [-0.3, -0.25) is 0 Å². The topological polar surface area (TPSA) is 23.5 Å². The summed E-state index contributed by atoms with van der Waals surface area (Å²) in [5.74, 6) is 0. The molecule has 2 heteroatoms. The number of aliphatic hydroxyl groups excluding tert-OH is 1. The molecule has 2 nitrogen and oxygen atoms in total. The zero-order chi connectivity index (χ0) is 13.2. The van der Waals surface area contributed by atoms with E-state index in [1.165, 1.54) is 11.1 Å². The summed E-state index contributed by atoms with van der Waals surface area (Å²) >= 11 is 0. The van der Waals surface area contributed by atoms with Crippen molar-refractivity contribution >= 4 is 5.69 Å². The van der Waals surface area contributed by atoms with Crippen LogP contribution in [-0.4, -0.2) is 11.7 Å². The zero-order valence-corrected chi connectivity index (χ0v) is 11.2. The summed E-state index contributed by atoms with van der Waals surface area (Å²) in [7, 11) is 0. The number of hydrogen-bond donors (Lipinski definition) is 1. The number of fused-ring (bicyclic) bond motifs is 1. The molecule has 1 aliphatic heterocycles. The fraction of sp³-hybridized carbons (Fsp3) is 0.294. The lowest BCUT2D eigenvalue weighted by atomic mass is 9.98. The second-order valence-electron chi connectivity index (χ2n) is 5.18. The van der Waals surface area contributed by atoms with E-state index in [0.29, 0.717) is 0 Å². The third-order valence-electron chi connectivity index (χ3n) is 3.86. The fourth-order valence-corrected chi connectivity index (χ4v) is 2.83. The van der Waals surface area contributed by atoms with Gasteiger partial charge in [-0.05, 0) is 30.5 Å². The summed E-state index contributed by atoms with van der Waals surface area (Å²) in [6, 6.07) is 16.8. The van der Waals surface area contributed by atoms with Crippen LogP contribution in [0.15, 0.2) is 48.5 Å². The number of anilines is 1. The van der Waals surface area contributed by atoms with Gasteiger partial charge in [-0.25, -0.2) is 0 Å². The van der Waals surface area contributed by atoms with Crippen LogP contribution in [0.3, 0.4) is 0 Å². The van der Waals surface area contributed by atoms with E-state index >= 15 is 0 Å². The van der Waals surface area contributed by atoms with Crippen molar-refractivity contribution in [3.05, 3.63) is 65.2 Å². The van der Waals surface area contributed by atoms with E-state index in [1.807, 2.05) is 25.1 Å². The van der Waals surface area contributed by atoms with E-state index in [0.717, 1.165) is 30.8 Å². The van der Waals surface area contributed by atoms with Gasteiger partial charge in [0.1, 0.15) is 0 Å². The van der Waals surface area contributed by atoms with Crippen LogP contribution >= 0.6 is 0 Å². The van der Waals surface area contributed by atoms with Gasteiger partial charge in [0.15, 0.2) is 0 Å². The molecule has 98 valence electrons. The van der Waals surface area contributed by atoms with Crippen molar-refractivity contribution in [3.63, 3.8) is 0 Å². The van der Waals surface area contributed by atoms with Crippen LogP contribution in [0.4, 0.5) is 5.69 Å². The normalized spacial score (nSPS) is 16.0. The number of para-hydroxylation sites is 1. The van der Waals surface area contributed by atoms with Crippen molar-refractivity contribution in [3.8, 4) is 0 Å². The molecule has 2 aromatic rings. The molecule has 3 rings (SSSR count). The van der Waals surface area contributed by atoms with Gasteiger partial charge >= 0.3 is 0 Å². The second kappa shape index (κ2) is 5.06. The Morgan fingerprint density at radius 3 is 2.47 bits per heavy atom. The largest absolute Gasteiger partial charge is 0.389 e. The van der Waals surface area contributed by atoms with E-state index < -0.39 is 6.10 Å². The smallest absolute Gasteiger partial charge is 0.0781 e. The Morgan fingerprint density at radius 2 is 1.68 bits per heavy atom. The molecular formula is C17H19NO. The highest BCUT2D eigenvalue weighted by atomic mass is 16.3. The summed E-state index contributed by atoms with van der Waals surface area (Å²) in [5, 5.41) is 9.90. The second-order valence-corrected chi connectivity index (χ2v) is 5.18. The summed E-state index contributed by atoms with van der Waals surface area (Å²) < 4.78 is 0. The molecule has 1 N–H and O–H groups in total. The predicted octanol–water partition coefficient (Wildman–Crippen LogP) is 3.30. The van der Waals surface area contributed by atoms with Crippen LogP contribution in [0.25, 0.3) is 0 Å². The van der Waals surface area contributed by atoms with Gasteiger partial charge < -0.3 is 10.0 Å². The number of nitrogens with zero attached hydrogens (tertiary/aromatic N) is 1. The average molecular weight is 253 g/mol. The van der Waals surface area contributed by atoms with Crippen molar-refractivity contribution in [1.29, 1.82) is 0 Å². The maximum atomic E-state index is 9.90. The first-order chi connectivity index (χ1) is 9.25. The Balaban J connectivity index is 1.93. The molecule has 1 aliphatic rings. The molecule has 1 atom stereocenters. The number of aliphatic hydroxyl groups is 1. The minimum Gasteiger partial charge on any atom is -0.389 e. The van der Waals surface area contributed by atoms with E-state index in [1.54, 1.807) is 0 Å². The fourth-order valence-electron chi connectivity index (χ4n) is 2.83. The van der Waals surface area contributed by atoms with Crippen LogP contribution in [0.2, 0.25) is 0 Å². The first-order valence-electron chi connectivity index (χ1n) is 6.84. The van der Waals surface area contributed by atoms with Gasteiger partial charge in [-0.2, -0.15) is 0 Å². The van der Waals surface area contributed by atoms with Gasteiger partial charge in [0.25, 0.3) is 0 Å². The highest BCUT2D eigenvalue weighted by molar-refractivity contribution is 5.56. The van der Waals surface area contributed by atoms with Crippen LogP contribution in [0, 0.1) is 0 Å². The minimum absolute atomic E-state index is 0.423. The summed E-state index contributed by atoms with van der Waals surface area (Å²) in [6.07, 6.45) is 0.651. The lowest BCUT2D eigenvalue weighted by Gasteiger charge is -2.32. The van der Waals surface area contributed by atoms with E-state index in [9.17, 15) is 5.11 Å². The third kappa shape index (κ3) is 2.36. The van der Waals surface area contributed by atoms with Crippen molar-refractivity contribution < 1.29 is 5.11 Å². The van der Waals surface area contributed by atoms with Crippen molar-refractivity contribution in [2.45, 2.75) is 26.0 Å². The van der Waals surface area contributed by atoms with Crippen LogP contribution in [0.5, 0.6) is 0 Å². The summed E-state index contributed by atoms with van der Waals surface area (Å²) in [4.78, 5) is 2.37. The molecule has 0 bridgehead atoms. The number of benzene rings is 2.